The molecule has 3 aromatic rings. The zero-order valence-electron chi connectivity index (χ0n) is 21.6. The fraction of sp³-hybridized carbons (Fsp3) is 0.407. The second-order valence-electron chi connectivity index (χ2n) is 10.9. The maximum atomic E-state index is 15.0. The van der Waals surface area contributed by atoms with Crippen LogP contribution >= 0.6 is 0 Å². The van der Waals surface area contributed by atoms with Gasteiger partial charge in [-0.25, -0.2) is 14.2 Å². The summed E-state index contributed by atoms with van der Waals surface area (Å²) in [4.78, 5) is 43.7. The molecule has 0 fully saturated rings. The van der Waals surface area contributed by atoms with Gasteiger partial charge in [0.2, 0.25) is 5.91 Å². The normalized spacial score (nSPS) is 22.8. The number of benzene rings is 1. The molecule has 1 unspecified atom stereocenters. The first-order valence-corrected chi connectivity index (χ1v) is 12.7. The molecule has 1 aliphatic carbocycles. The summed E-state index contributed by atoms with van der Waals surface area (Å²) in [5.41, 5.74) is 0.429. The molecule has 0 bridgehead atoms. The Bertz CT molecular complexity index is 1660. The van der Waals surface area contributed by atoms with E-state index in [9.17, 15) is 29.0 Å². The number of pyridine rings is 2. The maximum absolute atomic E-state index is 15.0. The molecule has 1 amide bonds. The third-order valence-electron chi connectivity index (χ3n) is 8.24. The van der Waals surface area contributed by atoms with Crippen molar-refractivity contribution in [2.75, 3.05) is 0 Å². The lowest BCUT2D eigenvalue weighted by Crippen LogP contribution is -2.46. The first kappa shape index (κ1) is 24.8. The van der Waals surface area contributed by atoms with E-state index in [4.69, 9.17) is 9.72 Å². The molecule has 3 aliphatic rings. The number of esters is 1. The van der Waals surface area contributed by atoms with Crippen LogP contribution in [-0.4, -0.2) is 45.0 Å². The SMILES string of the molecule is BC(C)(O)C(=O)N[C@H]1CCc2c(C)c(F)cc3nc4c(c1c23)Cn1c-4cc2c(c1=O)COC(=O)[C@]2(O)CC. The average Bonchev–Trinajstić information content (AvgIpc) is 3.23. The largest absolute Gasteiger partial charge is 0.458 e. The van der Waals surface area contributed by atoms with Gasteiger partial charge >= 0.3 is 5.97 Å². The number of hydrogen-bond acceptors (Lipinski definition) is 7. The number of aryl methyl sites for hydroxylation is 1. The predicted molar refractivity (Wildman–Crippen MR) is 138 cm³/mol. The first-order chi connectivity index (χ1) is 17.9. The van der Waals surface area contributed by atoms with E-state index in [1.54, 1.807) is 19.9 Å². The van der Waals surface area contributed by atoms with Crippen molar-refractivity contribution in [1.82, 2.24) is 14.9 Å². The molecule has 0 spiro atoms. The molecule has 1 aromatic carbocycles. The summed E-state index contributed by atoms with van der Waals surface area (Å²) in [6.45, 7) is 4.66. The Balaban J connectivity index is 1.64. The summed E-state index contributed by atoms with van der Waals surface area (Å²) in [5, 5.41) is 25.1. The van der Waals surface area contributed by atoms with Crippen molar-refractivity contribution >= 4 is 30.6 Å². The molecule has 3 atom stereocenters. The molecule has 4 heterocycles. The lowest BCUT2D eigenvalue weighted by molar-refractivity contribution is -0.172. The standard InChI is InChI=1S/C27H27BFN3O6/c1-4-27(37)15-7-19-22-13(9-32(19)23(33)14(15)10-38-25(27)35)21-17(31-24(34)26(3,28)36)6-5-12-11(2)16(29)8-18(30-22)20(12)21/h7-8,17,36-37H,4-6,9-10,28H2,1-3H3,(H,31,34)/t17-,26?,27-/m0/s1. The molecule has 196 valence electrons. The number of fused-ring (bicyclic) bond motifs is 5. The summed E-state index contributed by atoms with van der Waals surface area (Å²) in [6, 6.07) is 2.47. The number of rotatable bonds is 3. The topological polar surface area (TPSA) is 131 Å². The molecule has 0 saturated heterocycles. The van der Waals surface area contributed by atoms with Crippen molar-refractivity contribution in [2.24, 2.45) is 0 Å². The Morgan fingerprint density at radius 1 is 1.34 bits per heavy atom. The number of aliphatic hydroxyl groups is 2. The van der Waals surface area contributed by atoms with Crippen LogP contribution in [0.25, 0.3) is 22.3 Å². The Morgan fingerprint density at radius 3 is 2.76 bits per heavy atom. The highest BCUT2D eigenvalue weighted by molar-refractivity contribution is 6.26. The van der Waals surface area contributed by atoms with Crippen LogP contribution in [0.5, 0.6) is 0 Å². The van der Waals surface area contributed by atoms with Crippen LogP contribution in [0, 0.1) is 12.7 Å². The van der Waals surface area contributed by atoms with Crippen LogP contribution in [0.2, 0.25) is 0 Å². The third kappa shape index (κ3) is 3.24. The van der Waals surface area contributed by atoms with E-state index in [2.05, 4.69) is 5.32 Å². The maximum Gasteiger partial charge on any atom is 0.343 e. The minimum Gasteiger partial charge on any atom is -0.458 e. The minimum atomic E-state index is -1.96. The summed E-state index contributed by atoms with van der Waals surface area (Å²) < 4.78 is 21.6. The van der Waals surface area contributed by atoms with Crippen LogP contribution in [0.15, 0.2) is 16.9 Å². The molecule has 3 N–H and O–H groups in total. The Kier molecular flexibility index (Phi) is 5.19. The number of aromatic nitrogens is 2. The fourth-order valence-corrected chi connectivity index (χ4v) is 6.03. The van der Waals surface area contributed by atoms with Crippen LogP contribution in [0.1, 0.15) is 66.1 Å². The molecule has 0 saturated carbocycles. The van der Waals surface area contributed by atoms with Gasteiger partial charge in [-0.2, -0.15) is 0 Å². The van der Waals surface area contributed by atoms with E-state index in [1.807, 2.05) is 0 Å². The van der Waals surface area contributed by atoms with Gasteiger partial charge in [-0.1, -0.05) is 6.92 Å². The monoisotopic (exact) mass is 519 g/mol. The van der Waals surface area contributed by atoms with Crippen LogP contribution in [0.4, 0.5) is 4.39 Å². The lowest BCUT2D eigenvalue weighted by atomic mass is 9.79. The van der Waals surface area contributed by atoms with Gasteiger partial charge in [0, 0.05) is 22.6 Å². The van der Waals surface area contributed by atoms with Gasteiger partial charge in [-0.15, -0.1) is 0 Å². The Hall–Kier alpha value is -3.57. The third-order valence-corrected chi connectivity index (χ3v) is 8.24. The number of ether oxygens (including phenoxy) is 1. The molecule has 38 heavy (non-hydrogen) atoms. The lowest BCUT2D eigenvalue weighted by Gasteiger charge is -2.31. The highest BCUT2D eigenvalue weighted by Crippen LogP contribution is 2.46. The molecule has 6 rings (SSSR count). The van der Waals surface area contributed by atoms with Crippen LogP contribution < -0.4 is 10.9 Å². The highest BCUT2D eigenvalue weighted by atomic mass is 19.1. The van der Waals surface area contributed by atoms with Crippen molar-refractivity contribution < 1.29 is 28.9 Å². The number of carbonyl (C=O) groups is 2. The summed E-state index contributed by atoms with van der Waals surface area (Å²) >= 11 is 0. The smallest absolute Gasteiger partial charge is 0.343 e. The van der Waals surface area contributed by atoms with Crippen molar-refractivity contribution in [1.29, 1.82) is 0 Å². The average molecular weight is 519 g/mol. The van der Waals surface area contributed by atoms with Crippen molar-refractivity contribution in [3.05, 3.63) is 61.7 Å². The van der Waals surface area contributed by atoms with Gasteiger partial charge < -0.3 is 24.8 Å². The number of nitrogens with one attached hydrogen (secondary N) is 1. The fourth-order valence-electron chi connectivity index (χ4n) is 6.03. The summed E-state index contributed by atoms with van der Waals surface area (Å²) in [7, 11) is 1.41. The Labute approximate surface area is 218 Å². The molecule has 9 nitrogen and oxygen atoms in total. The van der Waals surface area contributed by atoms with Gasteiger partial charge in [0.25, 0.3) is 5.56 Å². The van der Waals surface area contributed by atoms with Gasteiger partial charge in [0.15, 0.2) is 13.4 Å². The van der Waals surface area contributed by atoms with E-state index in [-0.39, 0.29) is 30.7 Å². The van der Waals surface area contributed by atoms with Gasteiger partial charge in [-0.05, 0) is 55.9 Å². The number of amides is 1. The molecular formula is C27H27BFN3O6. The van der Waals surface area contributed by atoms with Gasteiger partial charge in [0.05, 0.1) is 35.1 Å². The number of cyclic esters (lactones) is 1. The molecule has 2 aliphatic heterocycles. The van der Waals surface area contributed by atoms with E-state index >= 15 is 0 Å². The van der Waals surface area contributed by atoms with E-state index in [1.165, 1.54) is 25.4 Å². The minimum absolute atomic E-state index is 0.0177. The van der Waals surface area contributed by atoms with Crippen LogP contribution in [-0.2, 0) is 39.5 Å². The second kappa shape index (κ2) is 7.97. The van der Waals surface area contributed by atoms with Crippen LogP contribution in [0.3, 0.4) is 0 Å². The number of halogens is 1. The zero-order valence-corrected chi connectivity index (χ0v) is 21.6. The second-order valence-corrected chi connectivity index (χ2v) is 10.9. The molecule has 11 heteroatoms. The summed E-state index contributed by atoms with van der Waals surface area (Å²) in [6.07, 6.45) is 1.00. The van der Waals surface area contributed by atoms with Gasteiger partial charge in [0.1, 0.15) is 17.9 Å². The zero-order chi connectivity index (χ0) is 27.3. The molecule has 0 radical (unpaired) electrons. The van der Waals surface area contributed by atoms with Crippen molar-refractivity contribution in [3.63, 3.8) is 0 Å². The highest BCUT2D eigenvalue weighted by Gasteiger charge is 2.46. The number of hydrogen-bond donors (Lipinski definition) is 3. The Morgan fingerprint density at radius 2 is 2.08 bits per heavy atom. The molecular weight excluding hydrogens is 492 g/mol. The number of nitrogens with zero attached hydrogens (tertiary/aromatic N) is 2. The van der Waals surface area contributed by atoms with E-state index < -0.39 is 40.4 Å². The first-order valence-electron chi connectivity index (χ1n) is 12.7. The molecule has 2 aromatic heterocycles. The van der Waals surface area contributed by atoms with E-state index in [0.29, 0.717) is 40.9 Å². The quantitative estimate of drug-likeness (QED) is 0.272. The van der Waals surface area contributed by atoms with Gasteiger partial charge in [-0.3, -0.25) is 9.59 Å². The summed E-state index contributed by atoms with van der Waals surface area (Å²) in [5.74, 6) is -1.75. The van der Waals surface area contributed by atoms with Crippen molar-refractivity contribution in [3.8, 4) is 11.4 Å². The predicted octanol–water partition coefficient (Wildman–Crippen LogP) is 0.972. The van der Waals surface area contributed by atoms with E-state index in [0.717, 1.165) is 16.5 Å². The van der Waals surface area contributed by atoms with Crippen molar-refractivity contribution in [2.45, 2.75) is 70.3 Å². The number of carbonyl (C=O) groups excluding carboxylic acids is 2.